The number of nitrogens with zero attached hydrogens (tertiary/aromatic N) is 2. The van der Waals surface area contributed by atoms with Crippen LogP contribution < -0.4 is 4.90 Å². The Morgan fingerprint density at radius 1 is 1.47 bits per heavy atom. The highest BCUT2D eigenvalue weighted by Gasteiger charge is 2.18. The van der Waals surface area contributed by atoms with Crippen molar-refractivity contribution in [3.8, 4) is 0 Å². The molecule has 2 rings (SSSR count). The summed E-state index contributed by atoms with van der Waals surface area (Å²) in [5, 5.41) is 8.99. The van der Waals surface area contributed by atoms with Crippen molar-refractivity contribution in [1.82, 2.24) is 0 Å². The van der Waals surface area contributed by atoms with Crippen LogP contribution in [0.15, 0.2) is 29.3 Å². The number of hydrogen-bond acceptors (Lipinski definition) is 3. The smallest absolute Gasteiger partial charge is 0.337 e. The molecule has 0 atom stereocenters. The van der Waals surface area contributed by atoms with E-state index < -0.39 is 5.97 Å². The third kappa shape index (κ3) is 1.87. The Hall–Kier alpha value is -1.75. The van der Waals surface area contributed by atoms with Crippen molar-refractivity contribution < 1.29 is 9.90 Å². The van der Waals surface area contributed by atoms with E-state index >= 15 is 0 Å². The number of carbonyl (C=O) groups is 1. The van der Waals surface area contributed by atoms with Gasteiger partial charge in [-0.15, -0.1) is 0 Å². The van der Waals surface area contributed by atoms with Gasteiger partial charge in [0.15, 0.2) is 0 Å². The van der Waals surface area contributed by atoms with Gasteiger partial charge in [0.1, 0.15) is 4.99 Å². The molecule has 0 unspecified atom stereocenters. The van der Waals surface area contributed by atoms with E-state index in [9.17, 15) is 4.79 Å². The lowest BCUT2D eigenvalue weighted by Gasteiger charge is -2.15. The van der Waals surface area contributed by atoms with E-state index in [2.05, 4.69) is 4.99 Å². The van der Waals surface area contributed by atoms with Crippen molar-refractivity contribution in [3.05, 3.63) is 29.8 Å². The number of benzene rings is 1. The van der Waals surface area contributed by atoms with Gasteiger partial charge < -0.3 is 10.0 Å². The molecule has 76 valence electrons. The van der Waals surface area contributed by atoms with E-state index in [1.165, 1.54) is 0 Å². The van der Waals surface area contributed by atoms with Crippen LogP contribution in [0.2, 0.25) is 0 Å². The van der Waals surface area contributed by atoms with E-state index in [-0.39, 0.29) is 5.56 Å². The van der Waals surface area contributed by atoms with E-state index in [1.54, 1.807) is 35.5 Å². The molecular formula is C10H8N2O2S. The van der Waals surface area contributed by atoms with Crippen LogP contribution in [0.4, 0.5) is 5.69 Å². The second-order valence-electron chi connectivity index (χ2n) is 3.09. The van der Waals surface area contributed by atoms with Crippen LogP contribution in [-0.4, -0.2) is 28.9 Å². The minimum absolute atomic E-state index is 0.258. The number of aromatic carboxylic acids is 1. The SMILES string of the molecule is O=C(O)c1ccccc1N1C=NC(=S)C1. The van der Waals surface area contributed by atoms with E-state index in [0.29, 0.717) is 17.2 Å². The fourth-order valence-corrected chi connectivity index (χ4v) is 1.60. The molecule has 1 aromatic rings. The third-order valence-electron chi connectivity index (χ3n) is 2.09. The normalized spacial score (nSPS) is 14.7. The Kier molecular flexibility index (Phi) is 2.47. The lowest BCUT2D eigenvalue weighted by molar-refractivity contribution is 0.0697. The molecule has 0 saturated heterocycles. The van der Waals surface area contributed by atoms with Gasteiger partial charge in [-0.1, -0.05) is 24.4 Å². The lowest BCUT2D eigenvalue weighted by Crippen LogP contribution is -2.22. The van der Waals surface area contributed by atoms with Gasteiger partial charge in [-0.3, -0.25) is 0 Å². The molecule has 0 fully saturated rings. The summed E-state index contributed by atoms with van der Waals surface area (Å²) >= 11 is 4.92. The molecule has 1 N–H and O–H groups in total. The van der Waals surface area contributed by atoms with E-state index in [4.69, 9.17) is 17.3 Å². The van der Waals surface area contributed by atoms with Gasteiger partial charge in [-0.05, 0) is 12.1 Å². The molecule has 0 aromatic heterocycles. The maximum atomic E-state index is 11.0. The predicted octanol–water partition coefficient (Wildman–Crippen LogP) is 1.56. The largest absolute Gasteiger partial charge is 0.478 e. The van der Waals surface area contributed by atoms with Gasteiger partial charge in [0.05, 0.1) is 24.1 Å². The summed E-state index contributed by atoms with van der Waals surface area (Å²) in [6.45, 7) is 0.472. The van der Waals surface area contributed by atoms with Crippen LogP contribution in [0.1, 0.15) is 10.4 Å². The third-order valence-corrected chi connectivity index (χ3v) is 2.33. The zero-order valence-electron chi connectivity index (χ0n) is 7.75. The van der Waals surface area contributed by atoms with Gasteiger partial charge in [0.25, 0.3) is 0 Å². The summed E-state index contributed by atoms with van der Waals surface area (Å²) in [6, 6.07) is 6.78. The van der Waals surface area contributed by atoms with E-state index in [0.717, 1.165) is 0 Å². The Bertz CT molecular complexity index is 456. The molecular weight excluding hydrogens is 212 g/mol. The molecule has 0 aliphatic carbocycles. The topological polar surface area (TPSA) is 52.9 Å². The molecule has 1 aliphatic rings. The Morgan fingerprint density at radius 2 is 2.20 bits per heavy atom. The van der Waals surface area contributed by atoms with Crippen molar-refractivity contribution in [2.24, 2.45) is 4.99 Å². The number of anilines is 1. The van der Waals surface area contributed by atoms with Crippen LogP contribution in [0, 0.1) is 0 Å². The summed E-state index contributed by atoms with van der Waals surface area (Å²) in [5.74, 6) is -0.947. The number of para-hydroxylation sites is 1. The van der Waals surface area contributed by atoms with Gasteiger partial charge in [0, 0.05) is 0 Å². The minimum atomic E-state index is -0.947. The summed E-state index contributed by atoms with van der Waals surface area (Å²) in [7, 11) is 0. The Balaban J connectivity index is 2.40. The molecule has 4 nitrogen and oxygen atoms in total. The maximum absolute atomic E-state index is 11.0. The monoisotopic (exact) mass is 220 g/mol. The summed E-state index contributed by atoms with van der Waals surface area (Å²) in [5.41, 5.74) is 0.877. The highest BCUT2D eigenvalue weighted by molar-refractivity contribution is 7.80. The zero-order valence-corrected chi connectivity index (χ0v) is 8.57. The molecule has 15 heavy (non-hydrogen) atoms. The van der Waals surface area contributed by atoms with Gasteiger partial charge >= 0.3 is 5.97 Å². The first-order chi connectivity index (χ1) is 7.18. The summed E-state index contributed by atoms with van der Waals surface area (Å²) in [6.07, 6.45) is 1.56. The first-order valence-electron chi connectivity index (χ1n) is 4.34. The first kappa shape index (κ1) is 9.79. The van der Waals surface area contributed by atoms with Gasteiger partial charge in [-0.25, -0.2) is 9.79 Å². The summed E-state index contributed by atoms with van der Waals surface area (Å²) < 4.78 is 0. The van der Waals surface area contributed by atoms with E-state index in [1.807, 2.05) is 0 Å². The quantitative estimate of drug-likeness (QED) is 0.768. The Labute approximate surface area is 91.9 Å². The molecule has 0 spiro atoms. The molecule has 0 saturated carbocycles. The molecule has 1 heterocycles. The van der Waals surface area contributed by atoms with Crippen LogP contribution >= 0.6 is 12.2 Å². The summed E-state index contributed by atoms with van der Waals surface area (Å²) in [4.78, 5) is 17.2. The molecule has 0 bridgehead atoms. The van der Waals surface area contributed by atoms with Crippen molar-refractivity contribution in [2.75, 3.05) is 11.4 Å². The average Bonchev–Trinajstić information content (AvgIpc) is 2.65. The van der Waals surface area contributed by atoms with Crippen molar-refractivity contribution in [3.63, 3.8) is 0 Å². The zero-order chi connectivity index (χ0) is 10.8. The van der Waals surface area contributed by atoms with Gasteiger partial charge in [-0.2, -0.15) is 0 Å². The van der Waals surface area contributed by atoms with Crippen LogP contribution in [0.3, 0.4) is 0 Å². The fraction of sp³-hybridized carbons (Fsp3) is 0.100. The second kappa shape index (κ2) is 3.78. The van der Waals surface area contributed by atoms with Crippen molar-refractivity contribution in [2.45, 2.75) is 0 Å². The predicted molar refractivity (Wildman–Crippen MR) is 61.8 cm³/mol. The van der Waals surface area contributed by atoms with Crippen LogP contribution in [0.5, 0.6) is 0 Å². The molecule has 1 aliphatic heterocycles. The highest BCUT2D eigenvalue weighted by atomic mass is 32.1. The van der Waals surface area contributed by atoms with Crippen molar-refractivity contribution in [1.29, 1.82) is 0 Å². The van der Waals surface area contributed by atoms with Gasteiger partial charge in [0.2, 0.25) is 0 Å². The molecule has 0 amide bonds. The Morgan fingerprint density at radius 3 is 2.80 bits per heavy atom. The average molecular weight is 220 g/mol. The number of rotatable bonds is 2. The first-order valence-corrected chi connectivity index (χ1v) is 4.75. The van der Waals surface area contributed by atoms with Crippen molar-refractivity contribution >= 4 is 35.2 Å². The lowest BCUT2D eigenvalue weighted by atomic mass is 10.1. The number of aliphatic imine (C=N–C) groups is 1. The fourth-order valence-electron chi connectivity index (χ4n) is 1.41. The molecule has 0 radical (unpaired) electrons. The minimum Gasteiger partial charge on any atom is -0.478 e. The number of carboxylic acid groups (broad SMARTS) is 1. The molecule has 1 aromatic carbocycles. The number of hydrogen-bond donors (Lipinski definition) is 1. The van der Waals surface area contributed by atoms with Crippen LogP contribution in [-0.2, 0) is 0 Å². The standard InChI is InChI=1S/C10H8N2O2S/c13-10(14)7-3-1-2-4-8(7)12-5-9(15)11-6-12/h1-4,6H,5H2,(H,13,14). The number of thiocarbonyl (C=S) groups is 1. The molecule has 5 heteroatoms. The van der Waals surface area contributed by atoms with Crippen LogP contribution in [0.25, 0.3) is 0 Å². The second-order valence-corrected chi connectivity index (χ2v) is 3.56. The maximum Gasteiger partial charge on any atom is 0.337 e. The highest BCUT2D eigenvalue weighted by Crippen LogP contribution is 2.21. The number of carboxylic acids is 1.